The molecule has 0 radical (unpaired) electrons. The lowest BCUT2D eigenvalue weighted by molar-refractivity contribution is -0.137. The Balaban J connectivity index is 2.00. The Labute approximate surface area is 117 Å². The summed E-state index contributed by atoms with van der Waals surface area (Å²) in [5.74, 6) is 1.03. The first kappa shape index (κ1) is 13.3. The number of fused-ring (bicyclic) bond motifs is 1. The number of nitrogens with zero attached hydrogens (tertiary/aromatic N) is 3. The Bertz CT molecular complexity index is 777. The number of imidazole rings is 1. The van der Waals surface area contributed by atoms with Crippen molar-refractivity contribution in [3.8, 4) is 11.5 Å². The molecule has 0 fully saturated rings. The highest BCUT2D eigenvalue weighted by Crippen LogP contribution is 2.29. The highest BCUT2D eigenvalue weighted by atomic mass is 19.4. The quantitative estimate of drug-likeness (QED) is 0.762. The standard InChI is InChI=1S/C13H10F3N5/c1-17-10-5-4-9-12(20-10)21-11(19-9)8-3-2-7(6-18-8)13(14,15)16/h2-6H,1H3,(H2,17,19,20,21). The molecule has 0 saturated carbocycles. The fourth-order valence-electron chi connectivity index (χ4n) is 1.85. The number of alkyl halides is 3. The lowest BCUT2D eigenvalue weighted by atomic mass is 10.2. The van der Waals surface area contributed by atoms with Crippen LogP contribution in [0, 0.1) is 0 Å². The molecule has 21 heavy (non-hydrogen) atoms. The van der Waals surface area contributed by atoms with Gasteiger partial charge in [-0.2, -0.15) is 13.2 Å². The highest BCUT2D eigenvalue weighted by molar-refractivity contribution is 5.76. The molecule has 0 amide bonds. The maximum absolute atomic E-state index is 12.5. The van der Waals surface area contributed by atoms with Gasteiger partial charge in [-0.25, -0.2) is 9.97 Å². The Morgan fingerprint density at radius 1 is 1.10 bits per heavy atom. The Morgan fingerprint density at radius 2 is 1.90 bits per heavy atom. The van der Waals surface area contributed by atoms with Crippen LogP contribution in [0.2, 0.25) is 0 Å². The van der Waals surface area contributed by atoms with E-state index in [1.54, 1.807) is 19.2 Å². The van der Waals surface area contributed by atoms with Gasteiger partial charge in [0.1, 0.15) is 11.5 Å². The topological polar surface area (TPSA) is 66.5 Å². The van der Waals surface area contributed by atoms with Crippen LogP contribution in [0.4, 0.5) is 19.0 Å². The van der Waals surface area contributed by atoms with Crippen LogP contribution in [0.5, 0.6) is 0 Å². The predicted octanol–water partition coefficient (Wildman–Crippen LogP) is 3.08. The van der Waals surface area contributed by atoms with E-state index in [0.717, 1.165) is 12.3 Å². The zero-order valence-electron chi connectivity index (χ0n) is 10.9. The van der Waals surface area contributed by atoms with Gasteiger partial charge < -0.3 is 10.3 Å². The number of hydrogen-bond donors (Lipinski definition) is 2. The molecule has 108 valence electrons. The third-order valence-electron chi connectivity index (χ3n) is 2.94. The zero-order chi connectivity index (χ0) is 15.0. The van der Waals surface area contributed by atoms with Crippen LogP contribution >= 0.6 is 0 Å². The van der Waals surface area contributed by atoms with Crippen LogP contribution in [-0.2, 0) is 6.18 Å². The molecule has 3 heterocycles. The van der Waals surface area contributed by atoms with Crippen LogP contribution in [0.1, 0.15) is 5.56 Å². The molecule has 0 aliphatic carbocycles. The first-order chi connectivity index (χ1) is 9.97. The van der Waals surface area contributed by atoms with E-state index in [1.807, 2.05) is 0 Å². The summed E-state index contributed by atoms with van der Waals surface area (Å²) in [5.41, 5.74) is 0.689. The van der Waals surface area contributed by atoms with Crippen molar-refractivity contribution in [3.63, 3.8) is 0 Å². The molecule has 8 heteroatoms. The van der Waals surface area contributed by atoms with E-state index < -0.39 is 11.7 Å². The number of anilines is 1. The number of aromatic amines is 1. The summed E-state index contributed by atoms with van der Waals surface area (Å²) in [5, 5.41) is 2.89. The Kier molecular flexibility index (Phi) is 3.00. The monoisotopic (exact) mass is 293 g/mol. The molecule has 0 bridgehead atoms. The molecule has 0 atom stereocenters. The summed E-state index contributed by atoms with van der Waals surface area (Å²) in [6, 6.07) is 5.81. The number of H-pyrrole nitrogens is 1. The molecule has 3 aromatic heterocycles. The van der Waals surface area contributed by atoms with Gasteiger partial charge in [-0.3, -0.25) is 4.98 Å². The lowest BCUT2D eigenvalue weighted by Gasteiger charge is -2.05. The summed E-state index contributed by atoms with van der Waals surface area (Å²) >= 11 is 0. The first-order valence-corrected chi connectivity index (χ1v) is 6.05. The number of nitrogens with one attached hydrogen (secondary N) is 2. The van der Waals surface area contributed by atoms with Gasteiger partial charge in [0.25, 0.3) is 0 Å². The molecular weight excluding hydrogens is 283 g/mol. The highest BCUT2D eigenvalue weighted by Gasteiger charge is 2.30. The minimum Gasteiger partial charge on any atom is -0.373 e. The molecule has 3 aromatic rings. The van der Waals surface area contributed by atoms with Crippen LogP contribution in [0.3, 0.4) is 0 Å². The van der Waals surface area contributed by atoms with Crippen molar-refractivity contribution in [3.05, 3.63) is 36.0 Å². The number of aromatic nitrogens is 4. The van der Waals surface area contributed by atoms with E-state index in [4.69, 9.17) is 0 Å². The van der Waals surface area contributed by atoms with Gasteiger partial charge in [0.05, 0.1) is 11.1 Å². The molecule has 3 rings (SSSR count). The van der Waals surface area contributed by atoms with Crippen molar-refractivity contribution in [2.24, 2.45) is 0 Å². The molecule has 2 N–H and O–H groups in total. The van der Waals surface area contributed by atoms with Gasteiger partial charge in [0.2, 0.25) is 0 Å². The third-order valence-corrected chi connectivity index (χ3v) is 2.94. The first-order valence-electron chi connectivity index (χ1n) is 6.05. The summed E-state index contributed by atoms with van der Waals surface area (Å²) in [4.78, 5) is 15.2. The van der Waals surface area contributed by atoms with Crippen molar-refractivity contribution in [1.29, 1.82) is 0 Å². The smallest absolute Gasteiger partial charge is 0.373 e. The Morgan fingerprint density at radius 3 is 2.52 bits per heavy atom. The van der Waals surface area contributed by atoms with Crippen molar-refractivity contribution in [1.82, 2.24) is 19.9 Å². The van der Waals surface area contributed by atoms with Crippen LogP contribution < -0.4 is 5.32 Å². The van der Waals surface area contributed by atoms with Gasteiger partial charge in [0, 0.05) is 13.2 Å². The maximum Gasteiger partial charge on any atom is 0.417 e. The number of hydrogen-bond acceptors (Lipinski definition) is 4. The summed E-state index contributed by atoms with van der Waals surface area (Å²) in [6.07, 6.45) is -3.61. The van der Waals surface area contributed by atoms with Gasteiger partial charge >= 0.3 is 6.18 Å². The Hall–Kier alpha value is -2.64. The SMILES string of the molecule is CNc1ccc2[nH]c(-c3ccc(C(F)(F)F)cn3)nc2n1. The van der Waals surface area contributed by atoms with Crippen molar-refractivity contribution in [2.45, 2.75) is 6.18 Å². The van der Waals surface area contributed by atoms with E-state index in [1.165, 1.54) is 6.07 Å². The molecule has 0 saturated heterocycles. The summed E-state index contributed by atoms with van der Waals surface area (Å²) < 4.78 is 37.5. The molecule has 5 nitrogen and oxygen atoms in total. The normalized spacial score (nSPS) is 11.8. The second-order valence-corrected chi connectivity index (χ2v) is 4.33. The molecule has 0 aromatic carbocycles. The molecular formula is C13H10F3N5. The zero-order valence-corrected chi connectivity index (χ0v) is 10.9. The van der Waals surface area contributed by atoms with Crippen molar-refractivity contribution >= 4 is 17.0 Å². The lowest BCUT2D eigenvalue weighted by Crippen LogP contribution is -2.05. The number of rotatable bonds is 2. The summed E-state index contributed by atoms with van der Waals surface area (Å²) in [7, 11) is 1.74. The van der Waals surface area contributed by atoms with E-state index in [2.05, 4.69) is 25.3 Å². The largest absolute Gasteiger partial charge is 0.417 e. The third kappa shape index (κ3) is 2.51. The van der Waals surface area contributed by atoms with E-state index in [0.29, 0.717) is 28.5 Å². The minimum atomic E-state index is -4.40. The second-order valence-electron chi connectivity index (χ2n) is 4.33. The van der Waals surface area contributed by atoms with Crippen LogP contribution in [0.15, 0.2) is 30.5 Å². The van der Waals surface area contributed by atoms with Crippen molar-refractivity contribution in [2.75, 3.05) is 12.4 Å². The van der Waals surface area contributed by atoms with Crippen LogP contribution in [-0.4, -0.2) is 27.0 Å². The minimum absolute atomic E-state index is 0.326. The number of halogens is 3. The maximum atomic E-state index is 12.5. The van der Waals surface area contributed by atoms with Gasteiger partial charge in [0.15, 0.2) is 11.5 Å². The molecule has 0 aliphatic rings. The van der Waals surface area contributed by atoms with Crippen molar-refractivity contribution < 1.29 is 13.2 Å². The fraction of sp³-hybridized carbons (Fsp3) is 0.154. The average Bonchev–Trinajstić information content (AvgIpc) is 2.89. The van der Waals surface area contributed by atoms with Crippen LogP contribution in [0.25, 0.3) is 22.7 Å². The van der Waals surface area contributed by atoms with E-state index in [-0.39, 0.29) is 0 Å². The molecule has 0 spiro atoms. The van der Waals surface area contributed by atoms with E-state index >= 15 is 0 Å². The molecule has 0 aliphatic heterocycles. The van der Waals surface area contributed by atoms with Gasteiger partial charge in [-0.05, 0) is 24.3 Å². The average molecular weight is 293 g/mol. The fourth-order valence-corrected chi connectivity index (χ4v) is 1.85. The number of pyridine rings is 2. The summed E-state index contributed by atoms with van der Waals surface area (Å²) in [6.45, 7) is 0. The second kappa shape index (κ2) is 4.72. The molecule has 0 unspecified atom stereocenters. The van der Waals surface area contributed by atoms with Gasteiger partial charge in [-0.15, -0.1) is 0 Å². The van der Waals surface area contributed by atoms with Gasteiger partial charge in [-0.1, -0.05) is 0 Å². The predicted molar refractivity (Wildman–Crippen MR) is 71.7 cm³/mol. The van der Waals surface area contributed by atoms with E-state index in [9.17, 15) is 13.2 Å².